The average Bonchev–Trinajstić information content (AvgIpc) is 2.81. The van der Waals surface area contributed by atoms with E-state index in [0.717, 1.165) is 19.6 Å². The van der Waals surface area contributed by atoms with E-state index < -0.39 is 0 Å². The molecule has 0 unspecified atom stereocenters. The van der Waals surface area contributed by atoms with E-state index in [9.17, 15) is 0 Å². The van der Waals surface area contributed by atoms with Crippen LogP contribution in [0, 0.1) is 6.92 Å². The Kier molecular flexibility index (Phi) is 3.17. The molecule has 0 spiro atoms. The molecule has 19 heavy (non-hydrogen) atoms. The van der Waals surface area contributed by atoms with Crippen molar-refractivity contribution in [2.45, 2.75) is 39.3 Å². The van der Waals surface area contributed by atoms with Gasteiger partial charge in [0, 0.05) is 43.1 Å². The van der Waals surface area contributed by atoms with Crippen LogP contribution in [0.3, 0.4) is 0 Å². The van der Waals surface area contributed by atoms with Crippen LogP contribution in [0.5, 0.6) is 0 Å². The molecule has 1 saturated heterocycles. The van der Waals surface area contributed by atoms with E-state index in [1.54, 1.807) is 0 Å². The Morgan fingerprint density at radius 1 is 1.16 bits per heavy atom. The van der Waals surface area contributed by atoms with Gasteiger partial charge in [-0.1, -0.05) is 6.07 Å². The van der Waals surface area contributed by atoms with Crippen LogP contribution in [0.15, 0.2) is 12.1 Å². The van der Waals surface area contributed by atoms with E-state index in [1.807, 2.05) is 0 Å². The first-order valence-electron chi connectivity index (χ1n) is 7.40. The third kappa shape index (κ3) is 2.20. The summed E-state index contributed by atoms with van der Waals surface area (Å²) >= 11 is 0. The van der Waals surface area contributed by atoms with Gasteiger partial charge in [0.05, 0.1) is 0 Å². The summed E-state index contributed by atoms with van der Waals surface area (Å²) in [6.07, 6.45) is 1.17. The molecule has 2 atom stereocenters. The van der Waals surface area contributed by atoms with Gasteiger partial charge in [0.15, 0.2) is 0 Å². The third-order valence-electron chi connectivity index (χ3n) is 4.83. The van der Waals surface area contributed by atoms with Crippen molar-refractivity contribution in [1.82, 2.24) is 4.90 Å². The number of hydrogen-bond donors (Lipinski definition) is 1. The van der Waals surface area contributed by atoms with Gasteiger partial charge in [-0.15, -0.1) is 0 Å². The summed E-state index contributed by atoms with van der Waals surface area (Å²) in [6.45, 7) is 10.2. The molecule has 2 aliphatic rings. The molecule has 0 aromatic heterocycles. The highest BCUT2D eigenvalue weighted by Crippen LogP contribution is 2.32. The van der Waals surface area contributed by atoms with Crippen molar-refractivity contribution >= 4 is 11.4 Å². The van der Waals surface area contributed by atoms with Crippen molar-refractivity contribution < 1.29 is 0 Å². The molecular weight excluding hydrogens is 234 g/mol. The molecular formula is C16H25N3. The number of aryl methyl sites for hydroxylation is 1. The van der Waals surface area contributed by atoms with E-state index in [2.05, 4.69) is 55.1 Å². The second-order valence-corrected chi connectivity index (χ2v) is 6.24. The number of anilines is 2. The third-order valence-corrected chi connectivity index (χ3v) is 4.83. The van der Waals surface area contributed by atoms with Crippen molar-refractivity contribution in [2.24, 2.45) is 0 Å². The van der Waals surface area contributed by atoms with Crippen LogP contribution >= 0.6 is 0 Å². The maximum absolute atomic E-state index is 3.50. The monoisotopic (exact) mass is 259 g/mol. The molecule has 2 heterocycles. The van der Waals surface area contributed by atoms with Gasteiger partial charge in [-0.2, -0.15) is 0 Å². The first-order valence-corrected chi connectivity index (χ1v) is 7.40. The summed E-state index contributed by atoms with van der Waals surface area (Å²) < 4.78 is 0. The topological polar surface area (TPSA) is 18.5 Å². The Morgan fingerprint density at radius 3 is 2.53 bits per heavy atom. The SMILES string of the molecule is Cc1cc2c(cc1N1C[C@@H](C)N(C)[C@@H](C)C1)NCC2. The lowest BCUT2D eigenvalue weighted by atomic mass is 10.0. The highest BCUT2D eigenvalue weighted by Gasteiger charge is 2.28. The highest BCUT2D eigenvalue weighted by atomic mass is 15.3. The van der Waals surface area contributed by atoms with Crippen molar-refractivity contribution in [2.75, 3.05) is 36.9 Å². The van der Waals surface area contributed by atoms with Crippen molar-refractivity contribution in [3.63, 3.8) is 0 Å². The van der Waals surface area contributed by atoms with Gasteiger partial charge in [-0.05, 0) is 51.4 Å². The lowest BCUT2D eigenvalue weighted by Crippen LogP contribution is -2.55. The van der Waals surface area contributed by atoms with E-state index in [0.29, 0.717) is 12.1 Å². The van der Waals surface area contributed by atoms with E-state index in [1.165, 1.54) is 28.9 Å². The molecule has 1 fully saturated rings. The van der Waals surface area contributed by atoms with E-state index in [4.69, 9.17) is 0 Å². The van der Waals surface area contributed by atoms with Crippen molar-refractivity contribution in [3.8, 4) is 0 Å². The average molecular weight is 259 g/mol. The molecule has 104 valence electrons. The Hall–Kier alpha value is -1.22. The molecule has 0 aliphatic carbocycles. The molecule has 3 rings (SSSR count). The number of rotatable bonds is 1. The molecule has 1 N–H and O–H groups in total. The van der Waals surface area contributed by atoms with Gasteiger partial charge in [0.25, 0.3) is 0 Å². The summed E-state index contributed by atoms with van der Waals surface area (Å²) in [5.74, 6) is 0. The van der Waals surface area contributed by atoms with Crippen LogP contribution in [0.25, 0.3) is 0 Å². The standard InChI is InChI=1S/C16H25N3/c1-11-7-14-5-6-17-15(14)8-16(11)19-9-12(2)18(4)13(3)10-19/h7-8,12-13,17H,5-6,9-10H2,1-4H3/t12-,13+. The number of nitrogens with zero attached hydrogens (tertiary/aromatic N) is 2. The molecule has 1 aromatic rings. The Balaban J connectivity index is 1.90. The zero-order chi connectivity index (χ0) is 13.6. The van der Waals surface area contributed by atoms with Gasteiger partial charge < -0.3 is 10.2 Å². The lowest BCUT2D eigenvalue weighted by molar-refractivity contribution is 0.170. The van der Waals surface area contributed by atoms with Crippen molar-refractivity contribution in [3.05, 3.63) is 23.3 Å². The fraction of sp³-hybridized carbons (Fsp3) is 0.625. The smallest absolute Gasteiger partial charge is 0.0417 e. The van der Waals surface area contributed by atoms with Crippen LogP contribution < -0.4 is 10.2 Å². The van der Waals surface area contributed by atoms with Crippen molar-refractivity contribution in [1.29, 1.82) is 0 Å². The highest BCUT2D eigenvalue weighted by molar-refractivity contribution is 5.68. The summed E-state index contributed by atoms with van der Waals surface area (Å²) in [5, 5.41) is 3.50. The normalized spacial score (nSPS) is 27.3. The van der Waals surface area contributed by atoms with Crippen LogP contribution in [0.2, 0.25) is 0 Å². The Labute approximate surface area is 116 Å². The maximum Gasteiger partial charge on any atom is 0.0417 e. The largest absolute Gasteiger partial charge is 0.384 e. The van der Waals surface area contributed by atoms with Crippen LogP contribution in [0.4, 0.5) is 11.4 Å². The summed E-state index contributed by atoms with van der Waals surface area (Å²) in [4.78, 5) is 5.04. The minimum atomic E-state index is 0.615. The first-order chi connectivity index (χ1) is 9.06. The summed E-state index contributed by atoms with van der Waals surface area (Å²) in [7, 11) is 2.24. The molecule has 2 aliphatic heterocycles. The van der Waals surface area contributed by atoms with Crippen LogP contribution in [-0.4, -0.2) is 43.7 Å². The molecule has 3 nitrogen and oxygen atoms in total. The number of nitrogens with one attached hydrogen (secondary N) is 1. The minimum absolute atomic E-state index is 0.615. The zero-order valence-corrected chi connectivity index (χ0v) is 12.5. The van der Waals surface area contributed by atoms with Gasteiger partial charge >= 0.3 is 0 Å². The summed E-state index contributed by atoms with van der Waals surface area (Å²) in [6, 6.07) is 5.97. The van der Waals surface area contributed by atoms with Gasteiger partial charge in [0.1, 0.15) is 0 Å². The molecule has 0 saturated carbocycles. The quantitative estimate of drug-likeness (QED) is 0.836. The molecule has 3 heteroatoms. The van der Waals surface area contributed by atoms with Gasteiger partial charge in [-0.25, -0.2) is 0 Å². The predicted molar refractivity (Wildman–Crippen MR) is 82.3 cm³/mol. The maximum atomic E-state index is 3.50. The minimum Gasteiger partial charge on any atom is -0.384 e. The Bertz CT molecular complexity index is 471. The number of fused-ring (bicyclic) bond motifs is 1. The van der Waals surface area contributed by atoms with Gasteiger partial charge in [0.2, 0.25) is 0 Å². The van der Waals surface area contributed by atoms with E-state index >= 15 is 0 Å². The fourth-order valence-electron chi connectivity index (χ4n) is 3.40. The number of likely N-dealkylation sites (N-methyl/N-ethyl adjacent to an activating group) is 1. The fourth-order valence-corrected chi connectivity index (χ4v) is 3.40. The molecule has 0 amide bonds. The molecule has 0 radical (unpaired) electrons. The predicted octanol–water partition coefficient (Wildman–Crippen LogP) is 2.49. The van der Waals surface area contributed by atoms with E-state index in [-0.39, 0.29) is 0 Å². The lowest BCUT2D eigenvalue weighted by Gasteiger charge is -2.44. The zero-order valence-electron chi connectivity index (χ0n) is 12.5. The number of hydrogen-bond acceptors (Lipinski definition) is 3. The summed E-state index contributed by atoms with van der Waals surface area (Å²) in [5.41, 5.74) is 5.67. The first kappa shape index (κ1) is 12.8. The number of benzene rings is 1. The second kappa shape index (κ2) is 4.71. The Morgan fingerprint density at radius 2 is 1.84 bits per heavy atom. The number of piperazine rings is 1. The van der Waals surface area contributed by atoms with Crippen LogP contribution in [0.1, 0.15) is 25.0 Å². The van der Waals surface area contributed by atoms with Gasteiger partial charge in [-0.3, -0.25) is 4.90 Å². The molecule has 0 bridgehead atoms. The van der Waals surface area contributed by atoms with Crippen LogP contribution in [-0.2, 0) is 6.42 Å². The molecule has 1 aromatic carbocycles. The second-order valence-electron chi connectivity index (χ2n) is 6.24.